The van der Waals surface area contributed by atoms with Crippen LogP contribution in [0.15, 0.2) is 47.4 Å². The summed E-state index contributed by atoms with van der Waals surface area (Å²) in [6.45, 7) is 5.74. The predicted molar refractivity (Wildman–Crippen MR) is 126 cm³/mol. The molecule has 8 heteroatoms. The maximum atomic E-state index is 14.9. The molecule has 0 spiro atoms. The molecule has 0 radical (unpaired) electrons. The van der Waals surface area contributed by atoms with Crippen LogP contribution in [0.2, 0.25) is 5.02 Å². The van der Waals surface area contributed by atoms with Gasteiger partial charge in [-0.1, -0.05) is 11.6 Å². The molecule has 1 aliphatic carbocycles. The van der Waals surface area contributed by atoms with Gasteiger partial charge in [0, 0.05) is 22.5 Å². The number of hydrogen-bond acceptors (Lipinski definition) is 3. The number of rotatable bonds is 6. The van der Waals surface area contributed by atoms with E-state index in [-0.39, 0.29) is 40.7 Å². The minimum absolute atomic E-state index is 0.0265. The molecule has 180 valence electrons. The fourth-order valence-electron chi connectivity index (χ4n) is 4.62. The second-order valence-electron chi connectivity index (χ2n) is 9.86. The van der Waals surface area contributed by atoms with Crippen LogP contribution in [0.5, 0.6) is 0 Å². The van der Waals surface area contributed by atoms with E-state index in [9.17, 15) is 22.0 Å². The van der Waals surface area contributed by atoms with Gasteiger partial charge in [-0.3, -0.25) is 4.79 Å². The van der Waals surface area contributed by atoms with Crippen molar-refractivity contribution in [3.8, 4) is 0 Å². The summed E-state index contributed by atoms with van der Waals surface area (Å²) in [5, 5.41) is 3.31. The summed E-state index contributed by atoms with van der Waals surface area (Å²) in [5.74, 6) is -1.35. The highest BCUT2D eigenvalue weighted by molar-refractivity contribution is 7.92. The van der Waals surface area contributed by atoms with Crippen molar-refractivity contribution in [1.29, 1.82) is 0 Å². The molecule has 0 bridgehead atoms. The van der Waals surface area contributed by atoms with Crippen LogP contribution in [-0.4, -0.2) is 19.9 Å². The van der Waals surface area contributed by atoms with E-state index >= 15 is 0 Å². The topological polar surface area (TPSA) is 63.2 Å². The first-order valence-corrected chi connectivity index (χ1v) is 13.0. The zero-order valence-corrected chi connectivity index (χ0v) is 20.7. The highest BCUT2D eigenvalue weighted by atomic mass is 35.5. The Labute approximate surface area is 199 Å². The van der Waals surface area contributed by atoms with Crippen molar-refractivity contribution < 1.29 is 22.0 Å². The number of nitrogens with one attached hydrogen (secondary N) is 1. The molecule has 1 amide bonds. The molecule has 1 N–H and O–H groups in total. The highest BCUT2D eigenvalue weighted by Crippen LogP contribution is 2.50. The zero-order chi connectivity index (χ0) is 24.4. The summed E-state index contributed by atoms with van der Waals surface area (Å²) in [6.07, 6.45) is 2.22. The van der Waals surface area contributed by atoms with Crippen LogP contribution in [0, 0.1) is 17.6 Å². The largest absolute Gasteiger partial charge is 0.352 e. The van der Waals surface area contributed by atoms with Crippen LogP contribution < -0.4 is 5.32 Å². The molecule has 0 atom stereocenters. The molecule has 0 heterocycles. The quantitative estimate of drug-likeness (QED) is 0.519. The minimum Gasteiger partial charge on any atom is -0.352 e. The fourth-order valence-corrected chi connectivity index (χ4v) is 6.91. The summed E-state index contributed by atoms with van der Waals surface area (Å²) in [4.78, 5) is 12.2. The molecule has 0 aliphatic heterocycles. The minimum atomic E-state index is -4.06. The molecular weight excluding hydrogens is 468 g/mol. The van der Waals surface area contributed by atoms with E-state index in [1.54, 1.807) is 0 Å². The summed E-state index contributed by atoms with van der Waals surface area (Å²) in [5.41, 5.74) is -0.457. The van der Waals surface area contributed by atoms with Gasteiger partial charge in [-0.25, -0.2) is 17.2 Å². The van der Waals surface area contributed by atoms with Gasteiger partial charge in [0.05, 0.1) is 4.90 Å². The first-order chi connectivity index (χ1) is 15.3. The number of hydrogen-bond donors (Lipinski definition) is 1. The third kappa shape index (κ3) is 5.75. The van der Waals surface area contributed by atoms with Crippen molar-refractivity contribution in [2.45, 2.75) is 74.5 Å². The molecule has 1 saturated carbocycles. The maximum absolute atomic E-state index is 14.9. The molecule has 1 fully saturated rings. The number of sulfone groups is 1. The Morgan fingerprint density at radius 1 is 1.09 bits per heavy atom. The Kier molecular flexibility index (Phi) is 7.54. The van der Waals surface area contributed by atoms with Gasteiger partial charge < -0.3 is 5.32 Å². The Hall–Kier alpha value is -1.99. The van der Waals surface area contributed by atoms with E-state index in [2.05, 4.69) is 5.32 Å². The van der Waals surface area contributed by atoms with E-state index in [4.69, 9.17) is 11.6 Å². The average Bonchev–Trinajstić information content (AvgIpc) is 2.73. The van der Waals surface area contributed by atoms with Crippen molar-refractivity contribution in [1.82, 2.24) is 5.32 Å². The van der Waals surface area contributed by atoms with E-state index in [0.29, 0.717) is 30.7 Å². The first-order valence-electron chi connectivity index (χ1n) is 11.1. The predicted octanol–water partition coefficient (Wildman–Crippen LogP) is 6.17. The van der Waals surface area contributed by atoms with Gasteiger partial charge in [0.15, 0.2) is 9.84 Å². The first kappa shape index (κ1) is 25.6. The molecule has 33 heavy (non-hydrogen) atoms. The maximum Gasteiger partial charge on any atom is 0.220 e. The average molecular weight is 498 g/mol. The van der Waals surface area contributed by atoms with Gasteiger partial charge >= 0.3 is 0 Å². The smallest absolute Gasteiger partial charge is 0.220 e. The zero-order valence-electron chi connectivity index (χ0n) is 19.1. The summed E-state index contributed by atoms with van der Waals surface area (Å²) >= 11 is 5.93. The number of carbonyl (C=O) groups excluding carboxylic acids is 1. The molecule has 1 aliphatic rings. The van der Waals surface area contributed by atoms with Gasteiger partial charge in [-0.2, -0.15) is 0 Å². The van der Waals surface area contributed by atoms with Gasteiger partial charge in [-0.15, -0.1) is 0 Å². The van der Waals surface area contributed by atoms with Crippen LogP contribution in [0.25, 0.3) is 0 Å². The van der Waals surface area contributed by atoms with Crippen molar-refractivity contribution in [2.75, 3.05) is 0 Å². The van der Waals surface area contributed by atoms with E-state index in [1.807, 2.05) is 20.8 Å². The second kappa shape index (κ2) is 9.71. The molecule has 0 aromatic heterocycles. The molecule has 2 aromatic rings. The standard InChI is InChI=1S/C25H30ClF2NO3S/c1-24(2,3)29-23(30)11-4-17-12-14-25(15-13-17,21-16-19(27)7-10-22(21)28)33(31,32)20-8-5-18(26)6-9-20/h5-10,16-17H,4,11-15H2,1-3H3,(H,29,30). The molecule has 2 aromatic carbocycles. The lowest BCUT2D eigenvalue weighted by molar-refractivity contribution is -0.122. The second-order valence-corrected chi connectivity index (χ2v) is 12.6. The Morgan fingerprint density at radius 2 is 1.70 bits per heavy atom. The Bertz CT molecular complexity index is 1100. The van der Waals surface area contributed by atoms with Gasteiger partial charge in [0.1, 0.15) is 16.4 Å². The van der Waals surface area contributed by atoms with Crippen molar-refractivity contribution in [2.24, 2.45) is 5.92 Å². The monoisotopic (exact) mass is 497 g/mol. The van der Waals surface area contributed by atoms with Crippen molar-refractivity contribution in [3.05, 3.63) is 64.7 Å². The third-order valence-electron chi connectivity index (χ3n) is 6.26. The van der Waals surface area contributed by atoms with Crippen molar-refractivity contribution in [3.63, 3.8) is 0 Å². The van der Waals surface area contributed by atoms with Gasteiger partial charge in [0.25, 0.3) is 0 Å². The lowest BCUT2D eigenvalue weighted by Gasteiger charge is -2.40. The lowest BCUT2D eigenvalue weighted by Crippen LogP contribution is -2.42. The summed E-state index contributed by atoms with van der Waals surface area (Å²) in [6, 6.07) is 8.72. The number of halogens is 3. The SMILES string of the molecule is CC(C)(C)NC(=O)CCC1CCC(c2cc(F)ccc2F)(S(=O)(=O)c2ccc(Cl)cc2)CC1. The van der Waals surface area contributed by atoms with Crippen LogP contribution in [0.3, 0.4) is 0 Å². The summed E-state index contributed by atoms with van der Waals surface area (Å²) < 4.78 is 55.1. The Balaban J connectivity index is 1.89. The van der Waals surface area contributed by atoms with E-state index in [0.717, 1.165) is 18.2 Å². The highest BCUT2D eigenvalue weighted by Gasteiger charge is 2.50. The molecule has 4 nitrogen and oxygen atoms in total. The van der Waals surface area contributed by atoms with Crippen molar-refractivity contribution >= 4 is 27.3 Å². The Morgan fingerprint density at radius 3 is 2.27 bits per heavy atom. The van der Waals surface area contributed by atoms with E-state index < -0.39 is 26.2 Å². The molecule has 3 rings (SSSR count). The molecular formula is C25H30ClF2NO3S. The van der Waals surface area contributed by atoms with Crippen LogP contribution in [0.4, 0.5) is 8.78 Å². The van der Waals surface area contributed by atoms with Gasteiger partial charge in [-0.05, 0) is 101 Å². The third-order valence-corrected chi connectivity index (χ3v) is 9.07. The van der Waals surface area contributed by atoms with Gasteiger partial charge in [0.2, 0.25) is 5.91 Å². The van der Waals surface area contributed by atoms with Crippen LogP contribution in [-0.2, 0) is 19.4 Å². The number of amides is 1. The number of benzene rings is 2. The molecule has 0 unspecified atom stereocenters. The van der Waals surface area contributed by atoms with E-state index in [1.165, 1.54) is 24.3 Å². The normalized spacial score (nSPS) is 21.6. The lowest BCUT2D eigenvalue weighted by atomic mass is 9.76. The van der Waals surface area contributed by atoms with Crippen LogP contribution >= 0.6 is 11.6 Å². The fraction of sp³-hybridized carbons (Fsp3) is 0.480. The number of carbonyl (C=O) groups is 1. The molecule has 0 saturated heterocycles. The van der Waals surface area contributed by atoms with Crippen LogP contribution in [0.1, 0.15) is 64.9 Å². The summed E-state index contributed by atoms with van der Waals surface area (Å²) in [7, 11) is -4.06.